The second kappa shape index (κ2) is 8.69. The molecule has 0 spiro atoms. The van der Waals surface area contributed by atoms with Crippen molar-refractivity contribution < 1.29 is 16.8 Å². The summed E-state index contributed by atoms with van der Waals surface area (Å²) >= 11 is 0. The zero-order valence-electron chi connectivity index (χ0n) is 18.9. The van der Waals surface area contributed by atoms with Crippen LogP contribution in [-0.2, 0) is 19.9 Å². The summed E-state index contributed by atoms with van der Waals surface area (Å²) < 4.78 is 52.4. The molecule has 13 heteroatoms. The van der Waals surface area contributed by atoms with E-state index in [4.69, 9.17) is 11.5 Å². The highest BCUT2D eigenvalue weighted by Crippen LogP contribution is 2.29. The molecule has 1 aliphatic heterocycles. The first kappa shape index (κ1) is 23.9. The predicted octanol–water partition coefficient (Wildman–Crippen LogP) is 1.03. The van der Waals surface area contributed by atoms with E-state index in [1.807, 2.05) is 6.07 Å². The van der Waals surface area contributed by atoms with E-state index in [-0.39, 0.29) is 52.2 Å². The topological polar surface area (TPSA) is 171 Å². The van der Waals surface area contributed by atoms with Gasteiger partial charge in [-0.2, -0.15) is 4.31 Å². The van der Waals surface area contributed by atoms with Gasteiger partial charge < -0.3 is 11.5 Å². The number of hydrogen-bond donors (Lipinski definition) is 2. The predicted molar refractivity (Wildman–Crippen MR) is 137 cm³/mol. The van der Waals surface area contributed by atoms with Crippen LogP contribution in [0.25, 0.3) is 27.7 Å². The van der Waals surface area contributed by atoms with Crippen molar-refractivity contribution in [1.82, 2.24) is 18.8 Å². The number of fused-ring (bicyclic) bond motifs is 1. The van der Waals surface area contributed by atoms with E-state index in [0.29, 0.717) is 22.3 Å². The number of sulfonamides is 1. The number of aromatic nitrogens is 3. The number of nitrogens with two attached hydrogens (primary N) is 2. The van der Waals surface area contributed by atoms with Crippen LogP contribution in [0.3, 0.4) is 0 Å². The summed E-state index contributed by atoms with van der Waals surface area (Å²) in [5.41, 5.74) is 13.5. The second-order valence-corrected chi connectivity index (χ2v) is 12.6. The summed E-state index contributed by atoms with van der Waals surface area (Å²) in [4.78, 5) is 21.5. The molecule has 1 saturated heterocycles. The van der Waals surface area contributed by atoms with Crippen molar-refractivity contribution in [3.8, 4) is 16.8 Å². The molecule has 0 radical (unpaired) electrons. The van der Waals surface area contributed by atoms with Crippen LogP contribution in [0.1, 0.15) is 0 Å². The summed E-state index contributed by atoms with van der Waals surface area (Å²) in [6.07, 6.45) is 1.41. The minimum Gasteiger partial charge on any atom is -0.383 e. The third kappa shape index (κ3) is 4.21. The smallest absolute Gasteiger partial charge is 0.267 e. The molecule has 0 atom stereocenters. The third-order valence-electron chi connectivity index (χ3n) is 6.04. The standard InChI is InChI=1S/C23H22N6O5S2/c24-21-20(36(33,34)28-8-10-35(31,32)11-9-28)13-16(14-26-21)15-6-7-19-18(12-15)22(30)29(23(25)27-19)17-4-2-1-3-5-17/h1-7,12-14H,8-11H2,(H2,24,26)(H2,25,27). The molecule has 4 aromatic rings. The van der Waals surface area contributed by atoms with Crippen molar-refractivity contribution in [2.45, 2.75) is 4.90 Å². The van der Waals surface area contributed by atoms with Gasteiger partial charge in [-0.25, -0.2) is 31.4 Å². The summed E-state index contributed by atoms with van der Waals surface area (Å²) in [7, 11) is -7.36. The van der Waals surface area contributed by atoms with Gasteiger partial charge in [0.25, 0.3) is 5.56 Å². The Morgan fingerprint density at radius 3 is 2.31 bits per heavy atom. The number of rotatable bonds is 4. The van der Waals surface area contributed by atoms with Crippen molar-refractivity contribution in [3.63, 3.8) is 0 Å². The molecule has 4 N–H and O–H groups in total. The molecule has 0 aliphatic carbocycles. The summed E-state index contributed by atoms with van der Waals surface area (Å²) in [6.45, 7) is -0.313. The molecule has 0 saturated carbocycles. The fraction of sp³-hybridized carbons (Fsp3) is 0.174. The minimum atomic E-state index is -4.09. The maximum atomic E-state index is 13.3. The molecular weight excluding hydrogens is 504 g/mol. The first-order valence-corrected chi connectivity index (χ1v) is 14.2. The van der Waals surface area contributed by atoms with Crippen molar-refractivity contribution in [2.24, 2.45) is 0 Å². The number of nitrogen functional groups attached to an aromatic ring is 2. The lowest BCUT2D eigenvalue weighted by Gasteiger charge is -2.26. The molecular formula is C23H22N6O5S2. The number of para-hydroxylation sites is 1. The average Bonchev–Trinajstić information content (AvgIpc) is 2.84. The lowest BCUT2D eigenvalue weighted by molar-refractivity contribution is 0.431. The monoisotopic (exact) mass is 526 g/mol. The van der Waals surface area contributed by atoms with E-state index in [2.05, 4.69) is 9.97 Å². The van der Waals surface area contributed by atoms with Gasteiger partial charge in [-0.15, -0.1) is 0 Å². The van der Waals surface area contributed by atoms with Crippen LogP contribution >= 0.6 is 0 Å². The lowest BCUT2D eigenvalue weighted by atomic mass is 10.1. The Kier molecular flexibility index (Phi) is 5.77. The van der Waals surface area contributed by atoms with E-state index in [0.717, 1.165) is 4.31 Å². The minimum absolute atomic E-state index is 0.0394. The van der Waals surface area contributed by atoms with Crippen molar-refractivity contribution in [1.29, 1.82) is 0 Å². The number of anilines is 2. The molecule has 2 aromatic heterocycles. The molecule has 3 heterocycles. The summed E-state index contributed by atoms with van der Waals surface area (Å²) in [6, 6.07) is 15.1. The summed E-state index contributed by atoms with van der Waals surface area (Å²) in [5.74, 6) is -0.673. The van der Waals surface area contributed by atoms with Crippen LogP contribution < -0.4 is 17.0 Å². The van der Waals surface area contributed by atoms with Gasteiger partial charge in [0, 0.05) is 24.8 Å². The van der Waals surface area contributed by atoms with Crippen molar-refractivity contribution in [2.75, 3.05) is 36.1 Å². The number of benzene rings is 2. The normalized spacial score (nSPS) is 16.2. The van der Waals surface area contributed by atoms with E-state index in [1.54, 1.807) is 42.5 Å². The zero-order chi connectivity index (χ0) is 25.7. The molecule has 0 amide bonds. The van der Waals surface area contributed by atoms with E-state index >= 15 is 0 Å². The Labute approximate surface area is 207 Å². The lowest BCUT2D eigenvalue weighted by Crippen LogP contribution is -2.43. The van der Waals surface area contributed by atoms with Gasteiger partial charge in [0.15, 0.2) is 9.84 Å². The van der Waals surface area contributed by atoms with Crippen LogP contribution in [0.4, 0.5) is 11.8 Å². The van der Waals surface area contributed by atoms with Crippen LogP contribution in [-0.4, -0.2) is 60.3 Å². The highest BCUT2D eigenvalue weighted by Gasteiger charge is 2.33. The Balaban J connectivity index is 1.59. The van der Waals surface area contributed by atoms with Gasteiger partial charge in [-0.1, -0.05) is 24.3 Å². The maximum absolute atomic E-state index is 13.3. The fourth-order valence-electron chi connectivity index (χ4n) is 4.10. The molecule has 0 unspecified atom stereocenters. The fourth-order valence-corrected chi connectivity index (χ4v) is 7.07. The van der Waals surface area contributed by atoms with Crippen LogP contribution in [0.2, 0.25) is 0 Å². The molecule has 36 heavy (non-hydrogen) atoms. The first-order valence-electron chi connectivity index (χ1n) is 10.9. The van der Waals surface area contributed by atoms with E-state index in [1.165, 1.54) is 16.8 Å². The van der Waals surface area contributed by atoms with Crippen molar-refractivity contribution in [3.05, 3.63) is 71.1 Å². The number of sulfone groups is 1. The zero-order valence-corrected chi connectivity index (χ0v) is 20.5. The largest absolute Gasteiger partial charge is 0.383 e. The molecule has 1 aliphatic rings. The molecule has 2 aromatic carbocycles. The molecule has 0 bridgehead atoms. The van der Waals surface area contributed by atoms with Gasteiger partial charge in [-0.3, -0.25) is 4.79 Å². The average molecular weight is 527 g/mol. The van der Waals surface area contributed by atoms with Gasteiger partial charge in [0.1, 0.15) is 10.7 Å². The number of hydrogen-bond acceptors (Lipinski definition) is 9. The van der Waals surface area contributed by atoms with Crippen LogP contribution in [0.15, 0.2) is 70.5 Å². The van der Waals surface area contributed by atoms with E-state index in [9.17, 15) is 21.6 Å². The van der Waals surface area contributed by atoms with Crippen LogP contribution in [0, 0.1) is 0 Å². The summed E-state index contributed by atoms with van der Waals surface area (Å²) in [5, 5.41) is 0.285. The van der Waals surface area contributed by atoms with E-state index < -0.39 is 19.9 Å². The quantitative estimate of drug-likeness (QED) is 0.394. The molecule has 1 fully saturated rings. The van der Waals surface area contributed by atoms with Gasteiger partial charge >= 0.3 is 0 Å². The van der Waals surface area contributed by atoms with Crippen molar-refractivity contribution >= 4 is 42.5 Å². The Morgan fingerprint density at radius 2 is 1.61 bits per heavy atom. The second-order valence-electron chi connectivity index (χ2n) is 8.34. The van der Waals surface area contributed by atoms with Crippen LogP contribution in [0.5, 0.6) is 0 Å². The Hall–Kier alpha value is -3.81. The molecule has 5 rings (SSSR count). The van der Waals surface area contributed by atoms with Gasteiger partial charge in [0.05, 0.1) is 28.1 Å². The highest BCUT2D eigenvalue weighted by molar-refractivity contribution is 7.92. The molecule has 186 valence electrons. The molecule has 11 nitrogen and oxygen atoms in total. The Morgan fingerprint density at radius 1 is 0.917 bits per heavy atom. The SMILES string of the molecule is Nc1ncc(-c2ccc3nc(N)n(-c4ccccc4)c(=O)c3c2)cc1S(=O)(=O)N1CCS(=O)(=O)CC1. The Bertz CT molecular complexity index is 1760. The highest BCUT2D eigenvalue weighted by atomic mass is 32.2. The third-order valence-corrected chi connectivity index (χ3v) is 9.58. The first-order chi connectivity index (χ1) is 17.1. The van der Waals surface area contributed by atoms with Gasteiger partial charge in [0.2, 0.25) is 16.0 Å². The maximum Gasteiger partial charge on any atom is 0.267 e. The number of pyridine rings is 1. The van der Waals surface area contributed by atoms with Gasteiger partial charge in [-0.05, 0) is 35.9 Å². The number of nitrogens with zero attached hydrogens (tertiary/aromatic N) is 4.